The van der Waals surface area contributed by atoms with Gasteiger partial charge in [-0.15, -0.1) is 0 Å². The van der Waals surface area contributed by atoms with Crippen molar-refractivity contribution in [2.45, 2.75) is 38.8 Å². The molecule has 1 atom stereocenters. The molecule has 1 aliphatic heterocycles. The highest BCUT2D eigenvalue weighted by Crippen LogP contribution is 2.17. The van der Waals surface area contributed by atoms with Gasteiger partial charge in [-0.25, -0.2) is 4.79 Å². The van der Waals surface area contributed by atoms with Gasteiger partial charge >= 0.3 is 6.09 Å². The van der Waals surface area contributed by atoms with Gasteiger partial charge in [0.1, 0.15) is 11.5 Å². The third-order valence-corrected chi connectivity index (χ3v) is 3.89. The van der Waals surface area contributed by atoms with Crippen LogP contribution in [0.25, 0.3) is 0 Å². The number of ether oxygens (including phenoxy) is 2. The lowest BCUT2D eigenvalue weighted by atomic mass is 10.1. The van der Waals surface area contributed by atoms with Crippen LogP contribution in [0.1, 0.15) is 26.7 Å². The molecule has 1 saturated heterocycles. The van der Waals surface area contributed by atoms with Crippen LogP contribution < -0.4 is 10.1 Å². The minimum absolute atomic E-state index is 0.0223. The molecule has 0 aliphatic carbocycles. The normalized spacial score (nSPS) is 16.3. The number of aromatic hydroxyl groups is 1. The Hall–Kier alpha value is -2.44. The summed E-state index contributed by atoms with van der Waals surface area (Å²) in [6.45, 7) is 4.95. The van der Waals surface area contributed by atoms with Crippen LogP contribution in [0.15, 0.2) is 24.3 Å². The van der Waals surface area contributed by atoms with E-state index in [0.29, 0.717) is 38.3 Å². The van der Waals surface area contributed by atoms with Gasteiger partial charge in [0.05, 0.1) is 6.61 Å². The lowest BCUT2D eigenvalue weighted by Crippen LogP contribution is -2.49. The number of benzene rings is 1. The molecule has 0 aromatic heterocycles. The van der Waals surface area contributed by atoms with Crippen LogP contribution in [0.3, 0.4) is 0 Å². The molecule has 1 aromatic rings. The van der Waals surface area contributed by atoms with Crippen LogP contribution in [0.2, 0.25) is 0 Å². The second-order valence-electron chi connectivity index (χ2n) is 5.72. The molecule has 0 bridgehead atoms. The van der Waals surface area contributed by atoms with E-state index >= 15 is 0 Å². The molecular formula is C17H24N2O5. The third kappa shape index (κ3) is 5.04. The van der Waals surface area contributed by atoms with Crippen molar-refractivity contribution in [3.63, 3.8) is 0 Å². The SMILES string of the molecule is CCOC(=O)N1CCC(NC(=O)C(C)Oc2ccc(O)cc2)CC1. The Balaban J connectivity index is 1.76. The number of carbonyl (C=O) groups excluding carboxylic acids is 2. The van der Waals surface area contributed by atoms with E-state index < -0.39 is 6.10 Å². The minimum atomic E-state index is -0.641. The summed E-state index contributed by atoms with van der Waals surface area (Å²) in [5, 5.41) is 12.2. The number of likely N-dealkylation sites (tertiary alicyclic amines) is 1. The van der Waals surface area contributed by atoms with E-state index in [9.17, 15) is 14.7 Å². The minimum Gasteiger partial charge on any atom is -0.508 e. The molecule has 24 heavy (non-hydrogen) atoms. The zero-order valence-electron chi connectivity index (χ0n) is 14.0. The monoisotopic (exact) mass is 336 g/mol. The molecule has 0 radical (unpaired) electrons. The Morgan fingerprint density at radius 2 is 1.92 bits per heavy atom. The molecule has 0 saturated carbocycles. The van der Waals surface area contributed by atoms with Gasteiger partial charge in [0.2, 0.25) is 0 Å². The van der Waals surface area contributed by atoms with E-state index in [1.807, 2.05) is 0 Å². The fourth-order valence-corrected chi connectivity index (χ4v) is 2.52. The second-order valence-corrected chi connectivity index (χ2v) is 5.72. The summed E-state index contributed by atoms with van der Waals surface area (Å²) in [4.78, 5) is 25.5. The van der Waals surface area contributed by atoms with Crippen molar-refractivity contribution in [1.29, 1.82) is 0 Å². The van der Waals surface area contributed by atoms with E-state index in [2.05, 4.69) is 5.32 Å². The first-order valence-electron chi connectivity index (χ1n) is 8.17. The number of piperidine rings is 1. The number of nitrogens with one attached hydrogen (secondary N) is 1. The predicted molar refractivity (Wildman–Crippen MR) is 88.0 cm³/mol. The zero-order valence-corrected chi connectivity index (χ0v) is 14.0. The Morgan fingerprint density at radius 3 is 2.50 bits per heavy atom. The lowest BCUT2D eigenvalue weighted by molar-refractivity contribution is -0.128. The van der Waals surface area contributed by atoms with E-state index in [1.54, 1.807) is 30.9 Å². The van der Waals surface area contributed by atoms with E-state index in [0.717, 1.165) is 0 Å². The van der Waals surface area contributed by atoms with Crippen LogP contribution in [0.4, 0.5) is 4.79 Å². The summed E-state index contributed by atoms with van der Waals surface area (Å²) in [5.41, 5.74) is 0. The van der Waals surface area contributed by atoms with Crippen LogP contribution in [0.5, 0.6) is 11.5 Å². The van der Waals surface area contributed by atoms with Crippen molar-refractivity contribution in [3.05, 3.63) is 24.3 Å². The van der Waals surface area contributed by atoms with Gasteiger partial charge in [-0.1, -0.05) is 0 Å². The van der Waals surface area contributed by atoms with E-state index in [1.165, 1.54) is 12.1 Å². The molecular weight excluding hydrogens is 312 g/mol. The second kappa shape index (κ2) is 8.42. The van der Waals surface area contributed by atoms with Gasteiger partial charge in [-0.2, -0.15) is 0 Å². The zero-order chi connectivity index (χ0) is 17.5. The standard InChI is InChI=1S/C17H24N2O5/c1-3-23-17(22)19-10-8-13(9-11-19)18-16(21)12(2)24-15-6-4-14(20)5-7-15/h4-7,12-13,20H,3,8-11H2,1-2H3,(H,18,21). The van der Waals surface area contributed by atoms with Crippen LogP contribution >= 0.6 is 0 Å². The quantitative estimate of drug-likeness (QED) is 0.857. The Labute approximate surface area is 141 Å². The summed E-state index contributed by atoms with van der Waals surface area (Å²) in [7, 11) is 0. The van der Waals surface area contributed by atoms with Crippen LogP contribution in [-0.4, -0.2) is 53.8 Å². The molecule has 7 heteroatoms. The van der Waals surface area contributed by atoms with Crippen molar-refractivity contribution in [2.75, 3.05) is 19.7 Å². The van der Waals surface area contributed by atoms with E-state index in [4.69, 9.17) is 9.47 Å². The fraction of sp³-hybridized carbons (Fsp3) is 0.529. The number of phenolic OH excluding ortho intramolecular Hbond substituents is 1. The van der Waals surface area contributed by atoms with Crippen LogP contribution in [-0.2, 0) is 9.53 Å². The topological polar surface area (TPSA) is 88.1 Å². The Bertz CT molecular complexity index is 553. The number of rotatable bonds is 5. The number of nitrogens with zero attached hydrogens (tertiary/aromatic N) is 1. The molecule has 1 aliphatic rings. The van der Waals surface area contributed by atoms with Gasteiger partial charge in [0.15, 0.2) is 6.10 Å². The lowest BCUT2D eigenvalue weighted by Gasteiger charge is -2.32. The van der Waals surface area contributed by atoms with Crippen molar-refractivity contribution >= 4 is 12.0 Å². The molecule has 2 amide bonds. The molecule has 2 N–H and O–H groups in total. The van der Waals surface area contributed by atoms with Crippen molar-refractivity contribution in [1.82, 2.24) is 10.2 Å². The largest absolute Gasteiger partial charge is 0.508 e. The summed E-state index contributed by atoms with van der Waals surface area (Å²) >= 11 is 0. The van der Waals surface area contributed by atoms with Crippen molar-refractivity contribution < 1.29 is 24.2 Å². The maximum atomic E-state index is 12.2. The molecule has 1 fully saturated rings. The molecule has 132 valence electrons. The van der Waals surface area contributed by atoms with Gasteiger partial charge < -0.3 is 24.8 Å². The number of hydrogen-bond acceptors (Lipinski definition) is 5. The number of carbonyl (C=O) groups is 2. The summed E-state index contributed by atoms with van der Waals surface area (Å²) in [5.74, 6) is 0.470. The number of amides is 2. The highest BCUT2D eigenvalue weighted by Gasteiger charge is 2.26. The van der Waals surface area contributed by atoms with Crippen LogP contribution in [0, 0.1) is 0 Å². The Kier molecular flexibility index (Phi) is 6.28. The molecule has 0 spiro atoms. The van der Waals surface area contributed by atoms with E-state index in [-0.39, 0.29) is 23.8 Å². The van der Waals surface area contributed by atoms with Gasteiger partial charge in [-0.05, 0) is 51.0 Å². The first kappa shape index (κ1) is 17.9. The molecule has 2 rings (SSSR count). The van der Waals surface area contributed by atoms with Crippen molar-refractivity contribution in [3.8, 4) is 11.5 Å². The summed E-state index contributed by atoms with van der Waals surface area (Å²) < 4.78 is 10.5. The smallest absolute Gasteiger partial charge is 0.409 e. The number of hydrogen-bond donors (Lipinski definition) is 2. The summed E-state index contributed by atoms with van der Waals surface area (Å²) in [6, 6.07) is 6.25. The molecule has 1 unspecified atom stereocenters. The van der Waals surface area contributed by atoms with Gasteiger partial charge in [-0.3, -0.25) is 4.79 Å². The first-order valence-corrected chi connectivity index (χ1v) is 8.17. The van der Waals surface area contributed by atoms with Gasteiger partial charge in [0, 0.05) is 19.1 Å². The highest BCUT2D eigenvalue weighted by molar-refractivity contribution is 5.81. The average Bonchev–Trinajstić information content (AvgIpc) is 2.57. The number of phenols is 1. The van der Waals surface area contributed by atoms with Gasteiger partial charge in [0.25, 0.3) is 5.91 Å². The molecule has 1 aromatic carbocycles. The maximum absolute atomic E-state index is 12.2. The third-order valence-electron chi connectivity index (χ3n) is 3.89. The molecule has 7 nitrogen and oxygen atoms in total. The first-order chi connectivity index (χ1) is 11.5. The summed E-state index contributed by atoms with van der Waals surface area (Å²) in [6.07, 6.45) is 0.441. The maximum Gasteiger partial charge on any atom is 0.409 e. The highest BCUT2D eigenvalue weighted by atomic mass is 16.6. The fourth-order valence-electron chi connectivity index (χ4n) is 2.52. The predicted octanol–water partition coefficient (Wildman–Crippen LogP) is 1.90. The Morgan fingerprint density at radius 1 is 1.29 bits per heavy atom. The van der Waals surface area contributed by atoms with Crippen molar-refractivity contribution in [2.24, 2.45) is 0 Å². The average molecular weight is 336 g/mol. The molecule has 1 heterocycles.